The fourth-order valence-electron chi connectivity index (χ4n) is 3.72. The van der Waals surface area contributed by atoms with Gasteiger partial charge in [0.05, 0.1) is 6.20 Å². The van der Waals surface area contributed by atoms with E-state index in [9.17, 15) is 9.50 Å². The van der Waals surface area contributed by atoms with E-state index in [1.54, 1.807) is 18.2 Å². The van der Waals surface area contributed by atoms with E-state index in [4.69, 9.17) is 0 Å². The summed E-state index contributed by atoms with van der Waals surface area (Å²) >= 11 is 0. The summed E-state index contributed by atoms with van der Waals surface area (Å²) in [6.07, 6.45) is 2.06. The fourth-order valence-corrected chi connectivity index (χ4v) is 3.72. The van der Waals surface area contributed by atoms with Crippen LogP contribution >= 0.6 is 0 Å². The van der Waals surface area contributed by atoms with Crippen LogP contribution in [0.4, 0.5) is 21.8 Å². The molecule has 0 aliphatic carbocycles. The summed E-state index contributed by atoms with van der Waals surface area (Å²) in [7, 11) is 0. The van der Waals surface area contributed by atoms with Crippen LogP contribution in [0.3, 0.4) is 0 Å². The maximum atomic E-state index is 14.1. The number of piperazine rings is 1. The van der Waals surface area contributed by atoms with E-state index in [0.29, 0.717) is 24.2 Å². The van der Waals surface area contributed by atoms with Crippen molar-refractivity contribution in [3.05, 3.63) is 72.2 Å². The van der Waals surface area contributed by atoms with Crippen LogP contribution in [0.25, 0.3) is 0 Å². The smallest absolute Gasteiger partial charge is 0.224 e. The molecular weight excluding hydrogens is 395 g/mol. The molecule has 3 aromatic rings. The first-order valence-corrected chi connectivity index (χ1v) is 10.5. The summed E-state index contributed by atoms with van der Waals surface area (Å²) in [5.74, 6) is -0.0334. The van der Waals surface area contributed by atoms with Crippen LogP contribution < -0.4 is 16.0 Å². The minimum absolute atomic E-state index is 0.0631. The van der Waals surface area contributed by atoms with Crippen LogP contribution in [0, 0.1) is 5.82 Å². The molecule has 0 spiro atoms. The maximum Gasteiger partial charge on any atom is 0.224 e. The Kier molecular flexibility index (Phi) is 6.91. The molecule has 1 aromatic heterocycles. The van der Waals surface area contributed by atoms with Gasteiger partial charge in [-0.3, -0.25) is 4.90 Å². The Morgan fingerprint density at radius 3 is 2.87 bits per heavy atom. The van der Waals surface area contributed by atoms with Gasteiger partial charge in [0.2, 0.25) is 5.95 Å². The van der Waals surface area contributed by atoms with E-state index >= 15 is 0 Å². The number of phenolic OH excluding ortho intramolecular Hbond substituents is 1. The van der Waals surface area contributed by atoms with E-state index in [1.807, 2.05) is 6.07 Å². The first-order valence-electron chi connectivity index (χ1n) is 10.5. The summed E-state index contributed by atoms with van der Waals surface area (Å²) < 4.78 is 14.1. The lowest BCUT2D eigenvalue weighted by Gasteiger charge is -2.36. The zero-order valence-corrected chi connectivity index (χ0v) is 17.3. The Bertz CT molecular complexity index is 987. The number of rotatable bonds is 8. The second-order valence-corrected chi connectivity index (χ2v) is 7.59. The average molecular weight is 423 g/mol. The quantitative estimate of drug-likeness (QED) is 0.443. The number of aromatic hydroxyl groups is 1. The Balaban J connectivity index is 1.34. The predicted molar refractivity (Wildman–Crippen MR) is 120 cm³/mol. The fraction of sp³-hybridized carbons (Fsp3) is 0.304. The van der Waals surface area contributed by atoms with Gasteiger partial charge in [-0.1, -0.05) is 36.4 Å². The SMILES string of the molecule is Oc1cccc(Nc2nc(NCCC3CNCCN3Cc3ccccc3)ncc2F)c1. The van der Waals surface area contributed by atoms with Crippen molar-refractivity contribution >= 4 is 17.5 Å². The molecule has 162 valence electrons. The molecule has 31 heavy (non-hydrogen) atoms. The van der Waals surface area contributed by atoms with Gasteiger partial charge in [-0.15, -0.1) is 0 Å². The number of benzene rings is 2. The van der Waals surface area contributed by atoms with Gasteiger partial charge < -0.3 is 21.1 Å². The molecule has 0 radical (unpaired) electrons. The van der Waals surface area contributed by atoms with Crippen molar-refractivity contribution in [3.8, 4) is 5.75 Å². The topological polar surface area (TPSA) is 85.3 Å². The van der Waals surface area contributed by atoms with E-state index in [-0.39, 0.29) is 11.6 Å². The third kappa shape index (κ3) is 5.90. The molecule has 0 saturated carbocycles. The highest BCUT2D eigenvalue weighted by atomic mass is 19.1. The van der Waals surface area contributed by atoms with Gasteiger partial charge in [-0.2, -0.15) is 4.98 Å². The number of aromatic nitrogens is 2. The van der Waals surface area contributed by atoms with Gasteiger partial charge in [0.25, 0.3) is 0 Å². The predicted octanol–water partition coefficient (Wildman–Crippen LogP) is 3.34. The zero-order valence-electron chi connectivity index (χ0n) is 17.3. The molecule has 1 aliphatic heterocycles. The van der Waals surface area contributed by atoms with Crippen molar-refractivity contribution in [2.24, 2.45) is 0 Å². The lowest BCUT2D eigenvalue weighted by molar-refractivity contribution is 0.148. The van der Waals surface area contributed by atoms with Gasteiger partial charge in [0, 0.05) is 50.5 Å². The number of nitrogens with zero attached hydrogens (tertiary/aromatic N) is 3. The second kappa shape index (κ2) is 10.2. The highest BCUT2D eigenvalue weighted by Gasteiger charge is 2.22. The standard InChI is InChI=1S/C23H27FN6O/c24-21-15-27-23(29-22(21)28-18-7-4-8-20(31)13-18)26-10-9-19-14-25-11-12-30(19)16-17-5-2-1-3-6-17/h1-8,13,15,19,25,31H,9-12,14,16H2,(H2,26,27,28,29). The summed E-state index contributed by atoms with van der Waals surface area (Å²) in [4.78, 5) is 10.8. The number of hydrogen-bond donors (Lipinski definition) is 4. The average Bonchev–Trinajstić information content (AvgIpc) is 2.78. The van der Waals surface area contributed by atoms with Crippen LogP contribution in [0.5, 0.6) is 5.75 Å². The van der Waals surface area contributed by atoms with Gasteiger partial charge in [-0.25, -0.2) is 9.37 Å². The van der Waals surface area contributed by atoms with Crippen LogP contribution in [0.1, 0.15) is 12.0 Å². The van der Waals surface area contributed by atoms with Crippen LogP contribution in [-0.2, 0) is 6.54 Å². The molecule has 7 nitrogen and oxygen atoms in total. The summed E-state index contributed by atoms with van der Waals surface area (Å²) in [6.45, 7) is 4.53. The number of phenols is 1. The normalized spacial score (nSPS) is 16.7. The molecule has 1 unspecified atom stereocenters. The van der Waals surface area contributed by atoms with Gasteiger partial charge in [0.15, 0.2) is 11.6 Å². The Morgan fingerprint density at radius 1 is 1.16 bits per heavy atom. The van der Waals surface area contributed by atoms with Crippen molar-refractivity contribution in [2.75, 3.05) is 36.8 Å². The Hall–Kier alpha value is -3.23. The first kappa shape index (κ1) is 21.0. The largest absolute Gasteiger partial charge is 0.508 e. The van der Waals surface area contributed by atoms with Gasteiger partial charge >= 0.3 is 0 Å². The molecule has 2 heterocycles. The molecule has 8 heteroatoms. The highest BCUT2D eigenvalue weighted by Crippen LogP contribution is 2.22. The molecule has 4 N–H and O–H groups in total. The monoisotopic (exact) mass is 422 g/mol. The molecule has 1 aliphatic rings. The lowest BCUT2D eigenvalue weighted by Crippen LogP contribution is -2.51. The number of hydrogen-bond acceptors (Lipinski definition) is 7. The Labute approximate surface area is 181 Å². The molecule has 1 atom stereocenters. The third-order valence-electron chi connectivity index (χ3n) is 5.31. The molecule has 1 fully saturated rings. The van der Waals surface area contributed by atoms with E-state index in [2.05, 4.69) is 55.1 Å². The Morgan fingerprint density at radius 2 is 2.03 bits per heavy atom. The van der Waals surface area contributed by atoms with Crippen molar-refractivity contribution in [1.82, 2.24) is 20.2 Å². The second-order valence-electron chi connectivity index (χ2n) is 7.59. The molecule has 1 saturated heterocycles. The number of nitrogens with one attached hydrogen (secondary N) is 3. The van der Waals surface area contributed by atoms with Crippen molar-refractivity contribution in [2.45, 2.75) is 19.0 Å². The van der Waals surface area contributed by atoms with Crippen molar-refractivity contribution in [3.63, 3.8) is 0 Å². The van der Waals surface area contributed by atoms with Gasteiger partial charge in [-0.05, 0) is 24.1 Å². The summed E-state index contributed by atoms with van der Waals surface area (Å²) in [5, 5.41) is 19.1. The van der Waals surface area contributed by atoms with E-state index in [0.717, 1.165) is 38.8 Å². The molecular formula is C23H27FN6O. The molecule has 4 rings (SSSR count). The molecule has 0 bridgehead atoms. The minimum Gasteiger partial charge on any atom is -0.508 e. The van der Waals surface area contributed by atoms with E-state index < -0.39 is 5.82 Å². The minimum atomic E-state index is -0.556. The number of halogens is 1. The van der Waals surface area contributed by atoms with Crippen LogP contribution in [-0.4, -0.2) is 52.2 Å². The zero-order chi connectivity index (χ0) is 21.5. The molecule has 0 amide bonds. The lowest BCUT2D eigenvalue weighted by atomic mass is 10.1. The van der Waals surface area contributed by atoms with Crippen molar-refractivity contribution in [1.29, 1.82) is 0 Å². The highest BCUT2D eigenvalue weighted by molar-refractivity contribution is 5.59. The van der Waals surface area contributed by atoms with Gasteiger partial charge in [0.1, 0.15) is 5.75 Å². The first-order chi connectivity index (χ1) is 15.2. The summed E-state index contributed by atoms with van der Waals surface area (Å²) in [6, 6.07) is 17.4. The molecule has 2 aromatic carbocycles. The van der Waals surface area contributed by atoms with E-state index in [1.165, 1.54) is 11.6 Å². The van der Waals surface area contributed by atoms with Crippen molar-refractivity contribution < 1.29 is 9.50 Å². The van der Waals surface area contributed by atoms with Crippen LogP contribution in [0.2, 0.25) is 0 Å². The third-order valence-corrected chi connectivity index (χ3v) is 5.31. The van der Waals surface area contributed by atoms with Crippen LogP contribution in [0.15, 0.2) is 60.8 Å². The summed E-state index contributed by atoms with van der Waals surface area (Å²) in [5.41, 5.74) is 1.86. The number of anilines is 3. The maximum absolute atomic E-state index is 14.1.